The molecule has 0 aliphatic heterocycles. The summed E-state index contributed by atoms with van der Waals surface area (Å²) in [7, 11) is 1.55. The standard InChI is InChI=1S/C11H15BrN2O4/c1-18-4-2-3-8(11(16)17)14-10(15)9-5-7(12)6-13-9/h5-6,8,13H,2-4H2,1H3,(H,14,15)(H,16,17). The van der Waals surface area contributed by atoms with Crippen molar-refractivity contribution < 1.29 is 19.4 Å². The molecule has 0 aromatic carbocycles. The molecule has 0 spiro atoms. The lowest BCUT2D eigenvalue weighted by atomic mass is 10.1. The molecule has 0 bridgehead atoms. The Morgan fingerprint density at radius 1 is 1.61 bits per heavy atom. The van der Waals surface area contributed by atoms with Crippen LogP contribution in [0.15, 0.2) is 16.7 Å². The summed E-state index contributed by atoms with van der Waals surface area (Å²) >= 11 is 3.20. The Balaban J connectivity index is 2.55. The van der Waals surface area contributed by atoms with Crippen LogP contribution < -0.4 is 5.32 Å². The smallest absolute Gasteiger partial charge is 0.326 e. The van der Waals surface area contributed by atoms with E-state index in [9.17, 15) is 9.59 Å². The van der Waals surface area contributed by atoms with Gasteiger partial charge in [-0.1, -0.05) is 0 Å². The SMILES string of the molecule is COCCCC(NC(=O)c1cc(Br)c[nH]1)C(=O)O. The highest BCUT2D eigenvalue weighted by Crippen LogP contribution is 2.11. The number of hydrogen-bond acceptors (Lipinski definition) is 3. The van der Waals surface area contributed by atoms with Gasteiger partial charge in [0.05, 0.1) is 0 Å². The van der Waals surface area contributed by atoms with Crippen LogP contribution in [-0.2, 0) is 9.53 Å². The summed E-state index contributed by atoms with van der Waals surface area (Å²) in [5.41, 5.74) is 0.319. The van der Waals surface area contributed by atoms with Crippen LogP contribution >= 0.6 is 15.9 Å². The van der Waals surface area contributed by atoms with Crippen LogP contribution in [-0.4, -0.2) is 41.7 Å². The van der Waals surface area contributed by atoms with E-state index in [4.69, 9.17) is 9.84 Å². The number of aromatic nitrogens is 1. The van der Waals surface area contributed by atoms with Crippen LogP contribution in [0.1, 0.15) is 23.3 Å². The molecule has 0 saturated carbocycles. The van der Waals surface area contributed by atoms with Gasteiger partial charge in [0, 0.05) is 24.4 Å². The molecule has 1 aromatic heterocycles. The van der Waals surface area contributed by atoms with Crippen LogP contribution in [0.3, 0.4) is 0 Å². The highest BCUT2D eigenvalue weighted by atomic mass is 79.9. The molecule has 1 aromatic rings. The average Bonchev–Trinajstić information content (AvgIpc) is 2.74. The van der Waals surface area contributed by atoms with E-state index >= 15 is 0 Å². The van der Waals surface area contributed by atoms with Gasteiger partial charge in [-0.2, -0.15) is 0 Å². The van der Waals surface area contributed by atoms with E-state index in [1.807, 2.05) is 0 Å². The first-order valence-corrected chi connectivity index (χ1v) is 6.20. The quantitative estimate of drug-likeness (QED) is 0.662. The fourth-order valence-electron chi connectivity index (χ4n) is 1.42. The molecule has 0 radical (unpaired) electrons. The third kappa shape index (κ3) is 4.50. The van der Waals surface area contributed by atoms with Crippen molar-refractivity contribution in [1.29, 1.82) is 0 Å². The Hall–Kier alpha value is -1.34. The van der Waals surface area contributed by atoms with E-state index in [-0.39, 0.29) is 0 Å². The molecule has 0 aliphatic rings. The van der Waals surface area contributed by atoms with Crippen molar-refractivity contribution >= 4 is 27.8 Å². The zero-order valence-electron chi connectivity index (χ0n) is 9.90. The minimum atomic E-state index is -1.05. The first-order chi connectivity index (χ1) is 8.54. The van der Waals surface area contributed by atoms with Crippen LogP contribution in [0.25, 0.3) is 0 Å². The minimum Gasteiger partial charge on any atom is -0.480 e. The maximum atomic E-state index is 11.7. The highest BCUT2D eigenvalue weighted by Gasteiger charge is 2.20. The van der Waals surface area contributed by atoms with Gasteiger partial charge in [0.15, 0.2) is 0 Å². The molecule has 0 fully saturated rings. The lowest BCUT2D eigenvalue weighted by molar-refractivity contribution is -0.139. The first-order valence-electron chi connectivity index (χ1n) is 5.41. The topological polar surface area (TPSA) is 91.4 Å². The molecule has 1 amide bonds. The van der Waals surface area contributed by atoms with Gasteiger partial charge >= 0.3 is 5.97 Å². The number of carboxylic acid groups (broad SMARTS) is 1. The lowest BCUT2D eigenvalue weighted by Crippen LogP contribution is -2.41. The summed E-state index contributed by atoms with van der Waals surface area (Å²) in [6.07, 6.45) is 2.51. The number of halogens is 1. The summed E-state index contributed by atoms with van der Waals surface area (Å²) in [6.45, 7) is 0.466. The Morgan fingerprint density at radius 3 is 2.83 bits per heavy atom. The second-order valence-corrected chi connectivity index (χ2v) is 4.65. The van der Waals surface area contributed by atoms with Gasteiger partial charge in [0.1, 0.15) is 11.7 Å². The van der Waals surface area contributed by atoms with Gasteiger partial charge in [-0.25, -0.2) is 4.79 Å². The van der Waals surface area contributed by atoms with E-state index < -0.39 is 17.9 Å². The molecule has 100 valence electrons. The molecular formula is C11H15BrN2O4. The molecule has 18 heavy (non-hydrogen) atoms. The second kappa shape index (κ2) is 7.17. The first kappa shape index (κ1) is 14.7. The molecule has 1 rings (SSSR count). The third-order valence-electron chi connectivity index (χ3n) is 2.34. The van der Waals surface area contributed by atoms with E-state index in [0.717, 1.165) is 4.47 Å². The maximum absolute atomic E-state index is 11.7. The monoisotopic (exact) mass is 318 g/mol. The predicted octanol–water partition coefficient (Wildman–Crippen LogP) is 1.39. The van der Waals surface area contributed by atoms with Gasteiger partial charge in [-0.15, -0.1) is 0 Å². The number of amides is 1. The van der Waals surface area contributed by atoms with E-state index in [0.29, 0.717) is 25.1 Å². The van der Waals surface area contributed by atoms with Crippen molar-refractivity contribution in [2.75, 3.05) is 13.7 Å². The molecule has 6 nitrogen and oxygen atoms in total. The molecule has 1 heterocycles. The Bertz CT molecular complexity index is 419. The zero-order valence-corrected chi connectivity index (χ0v) is 11.5. The van der Waals surface area contributed by atoms with Crippen molar-refractivity contribution in [1.82, 2.24) is 10.3 Å². The van der Waals surface area contributed by atoms with Crippen molar-refractivity contribution in [2.24, 2.45) is 0 Å². The second-order valence-electron chi connectivity index (χ2n) is 3.73. The van der Waals surface area contributed by atoms with Gasteiger partial charge in [0.2, 0.25) is 0 Å². The van der Waals surface area contributed by atoms with Gasteiger partial charge < -0.3 is 20.1 Å². The zero-order chi connectivity index (χ0) is 13.5. The maximum Gasteiger partial charge on any atom is 0.326 e. The summed E-state index contributed by atoms with van der Waals surface area (Å²) in [4.78, 5) is 25.5. The van der Waals surface area contributed by atoms with Crippen molar-refractivity contribution in [2.45, 2.75) is 18.9 Å². The number of aromatic amines is 1. The van der Waals surface area contributed by atoms with Crippen molar-refractivity contribution in [3.63, 3.8) is 0 Å². The largest absolute Gasteiger partial charge is 0.480 e. The number of hydrogen-bond donors (Lipinski definition) is 3. The van der Waals surface area contributed by atoms with Gasteiger partial charge in [0.25, 0.3) is 5.91 Å². The van der Waals surface area contributed by atoms with E-state index in [1.54, 1.807) is 19.4 Å². The molecule has 7 heteroatoms. The van der Waals surface area contributed by atoms with Crippen LogP contribution in [0.4, 0.5) is 0 Å². The van der Waals surface area contributed by atoms with Gasteiger partial charge in [-0.3, -0.25) is 4.79 Å². The summed E-state index contributed by atoms with van der Waals surface area (Å²) in [5.74, 6) is -1.49. The molecular weight excluding hydrogens is 304 g/mol. The highest BCUT2D eigenvalue weighted by molar-refractivity contribution is 9.10. The minimum absolute atomic E-state index is 0.319. The number of aliphatic carboxylic acids is 1. The number of carbonyl (C=O) groups excluding carboxylic acids is 1. The van der Waals surface area contributed by atoms with Crippen molar-refractivity contribution in [3.05, 3.63) is 22.4 Å². The predicted molar refractivity (Wildman–Crippen MR) is 68.5 cm³/mol. The summed E-state index contributed by atoms with van der Waals surface area (Å²) < 4.78 is 5.58. The number of carbonyl (C=O) groups is 2. The number of ether oxygens (including phenoxy) is 1. The molecule has 0 saturated heterocycles. The average molecular weight is 319 g/mol. The number of nitrogens with one attached hydrogen (secondary N) is 2. The third-order valence-corrected chi connectivity index (χ3v) is 2.79. The van der Waals surface area contributed by atoms with Crippen LogP contribution in [0.2, 0.25) is 0 Å². The molecule has 3 N–H and O–H groups in total. The fraction of sp³-hybridized carbons (Fsp3) is 0.455. The normalized spacial score (nSPS) is 12.1. The molecule has 1 unspecified atom stereocenters. The number of methoxy groups -OCH3 is 1. The van der Waals surface area contributed by atoms with E-state index in [2.05, 4.69) is 26.2 Å². The number of H-pyrrole nitrogens is 1. The number of carboxylic acids is 1. The van der Waals surface area contributed by atoms with Crippen molar-refractivity contribution in [3.8, 4) is 0 Å². The van der Waals surface area contributed by atoms with Crippen LogP contribution in [0, 0.1) is 0 Å². The summed E-state index contributed by atoms with van der Waals surface area (Å²) in [5, 5.41) is 11.5. The van der Waals surface area contributed by atoms with Gasteiger partial charge in [-0.05, 0) is 34.8 Å². The van der Waals surface area contributed by atoms with E-state index in [1.165, 1.54) is 0 Å². The Morgan fingerprint density at radius 2 is 2.33 bits per heavy atom. The number of rotatable bonds is 7. The van der Waals surface area contributed by atoms with Crippen LogP contribution in [0.5, 0.6) is 0 Å². The summed E-state index contributed by atoms with van der Waals surface area (Å²) in [6, 6.07) is 0.679. The fourth-order valence-corrected chi connectivity index (χ4v) is 1.77. The molecule has 0 aliphatic carbocycles. The molecule has 1 atom stereocenters. The lowest BCUT2D eigenvalue weighted by Gasteiger charge is -2.13. The Kier molecular flexibility index (Phi) is 5.87. The Labute approximate surface area is 113 Å².